The summed E-state index contributed by atoms with van der Waals surface area (Å²) in [6.45, 7) is 1.91. The molecule has 2 rings (SSSR count). The Morgan fingerprint density at radius 1 is 1.45 bits per heavy atom. The highest BCUT2D eigenvalue weighted by Gasteiger charge is 2.09. The van der Waals surface area contributed by atoms with Crippen molar-refractivity contribution in [1.29, 1.82) is 0 Å². The molecule has 58 valence electrons. The van der Waals surface area contributed by atoms with E-state index in [4.69, 9.17) is 11.6 Å². The average molecular weight is 169 g/mol. The summed E-state index contributed by atoms with van der Waals surface area (Å²) in [4.78, 5) is 4.20. The molecule has 0 aliphatic carbocycles. The fourth-order valence-corrected chi connectivity index (χ4v) is 1.45. The molecular formula is C8H9ClN2. The van der Waals surface area contributed by atoms with Crippen molar-refractivity contribution in [2.45, 2.75) is 19.0 Å². The van der Waals surface area contributed by atoms with Crippen molar-refractivity contribution in [2.75, 3.05) is 0 Å². The Morgan fingerprint density at radius 3 is 3.09 bits per heavy atom. The minimum atomic E-state index is 0.507. The summed E-state index contributed by atoms with van der Waals surface area (Å²) in [6, 6.07) is 2.07. The zero-order valence-corrected chi connectivity index (χ0v) is 6.86. The van der Waals surface area contributed by atoms with Crippen LogP contribution in [0.15, 0.2) is 12.3 Å². The first-order chi connectivity index (χ1) is 5.40. The third-order valence-electron chi connectivity index (χ3n) is 1.91. The van der Waals surface area contributed by atoms with Gasteiger partial charge in [-0.1, -0.05) is 0 Å². The number of hydrogen-bond donors (Lipinski definition) is 1. The lowest BCUT2D eigenvalue weighted by Crippen LogP contribution is -1.99. The van der Waals surface area contributed by atoms with Crippen LogP contribution in [0.25, 0.3) is 0 Å². The van der Waals surface area contributed by atoms with Crippen molar-refractivity contribution in [1.82, 2.24) is 10.3 Å². The van der Waals surface area contributed by atoms with Crippen molar-refractivity contribution >= 4 is 11.6 Å². The largest absolute Gasteiger partial charge is 0.309 e. The second kappa shape index (κ2) is 2.80. The molecule has 0 saturated carbocycles. The molecule has 1 aromatic heterocycles. The summed E-state index contributed by atoms with van der Waals surface area (Å²) in [5.74, 6) is 0.507. The molecule has 0 radical (unpaired) electrons. The van der Waals surface area contributed by atoms with Crippen LogP contribution in [0, 0.1) is 0 Å². The lowest BCUT2D eigenvalue weighted by Gasteiger charge is -1.98. The van der Waals surface area contributed by atoms with Gasteiger partial charge in [-0.25, -0.2) is 0 Å². The van der Waals surface area contributed by atoms with Crippen LogP contribution in [0.3, 0.4) is 0 Å². The van der Waals surface area contributed by atoms with Crippen molar-refractivity contribution in [3.63, 3.8) is 0 Å². The first kappa shape index (κ1) is 7.07. The number of rotatable bonds is 1. The van der Waals surface area contributed by atoms with E-state index in [1.54, 1.807) is 0 Å². The second-order valence-corrected chi connectivity index (χ2v) is 2.95. The molecule has 0 atom stereocenters. The first-order valence-corrected chi connectivity index (χ1v) is 4.17. The Labute approximate surface area is 70.6 Å². The molecular weight excluding hydrogens is 160 g/mol. The van der Waals surface area contributed by atoms with Gasteiger partial charge in [0.25, 0.3) is 0 Å². The van der Waals surface area contributed by atoms with Crippen molar-refractivity contribution in [3.8, 4) is 0 Å². The molecule has 1 aromatic rings. The Bertz CT molecular complexity index is 273. The Balaban J connectivity index is 2.41. The molecule has 1 aliphatic heterocycles. The third-order valence-corrected chi connectivity index (χ3v) is 2.18. The third kappa shape index (κ3) is 1.24. The van der Waals surface area contributed by atoms with E-state index >= 15 is 0 Å². The number of nitrogens with one attached hydrogen (secondary N) is 1. The molecule has 0 amide bonds. The maximum Gasteiger partial charge on any atom is 0.0647 e. The molecule has 2 nitrogen and oxygen atoms in total. The standard InChI is InChI=1S/C8H9ClN2/c9-2-8-1-6-3-10-4-7(6)5-11-8/h1,5,10H,2-4H2. The van der Waals surface area contributed by atoms with Gasteiger partial charge in [-0.15, -0.1) is 11.6 Å². The predicted octanol–water partition coefficient (Wildman–Crippen LogP) is 1.42. The van der Waals surface area contributed by atoms with E-state index < -0.39 is 0 Å². The highest BCUT2D eigenvalue weighted by molar-refractivity contribution is 6.16. The summed E-state index contributed by atoms with van der Waals surface area (Å²) in [7, 11) is 0. The van der Waals surface area contributed by atoms with Gasteiger partial charge in [0.2, 0.25) is 0 Å². The number of nitrogens with zero attached hydrogens (tertiary/aromatic N) is 1. The van der Waals surface area contributed by atoms with Crippen LogP contribution < -0.4 is 5.32 Å². The molecule has 0 unspecified atom stereocenters. The van der Waals surface area contributed by atoms with E-state index in [-0.39, 0.29) is 0 Å². The topological polar surface area (TPSA) is 24.9 Å². The van der Waals surface area contributed by atoms with Gasteiger partial charge in [0.15, 0.2) is 0 Å². The number of aromatic nitrogens is 1. The summed E-state index contributed by atoms with van der Waals surface area (Å²) in [5, 5.41) is 3.26. The normalized spacial score (nSPS) is 15.0. The van der Waals surface area contributed by atoms with E-state index in [9.17, 15) is 0 Å². The minimum Gasteiger partial charge on any atom is -0.309 e. The smallest absolute Gasteiger partial charge is 0.0647 e. The van der Waals surface area contributed by atoms with E-state index in [2.05, 4.69) is 16.4 Å². The van der Waals surface area contributed by atoms with Crippen LogP contribution in [0.1, 0.15) is 16.8 Å². The molecule has 0 fully saturated rings. The van der Waals surface area contributed by atoms with Crippen LogP contribution in [0.4, 0.5) is 0 Å². The Morgan fingerprint density at radius 2 is 2.27 bits per heavy atom. The van der Waals surface area contributed by atoms with Gasteiger partial charge in [-0.3, -0.25) is 4.98 Å². The molecule has 0 bridgehead atoms. The number of hydrogen-bond acceptors (Lipinski definition) is 2. The van der Waals surface area contributed by atoms with Crippen LogP contribution in [-0.2, 0) is 19.0 Å². The molecule has 0 spiro atoms. The number of halogens is 1. The number of pyridine rings is 1. The SMILES string of the molecule is ClCc1cc2c(cn1)CNC2. The van der Waals surface area contributed by atoms with Crippen LogP contribution >= 0.6 is 11.6 Å². The van der Waals surface area contributed by atoms with Crippen molar-refractivity contribution in [3.05, 3.63) is 29.1 Å². The van der Waals surface area contributed by atoms with Crippen LogP contribution in [0.5, 0.6) is 0 Å². The molecule has 2 heterocycles. The summed E-state index contributed by atoms with van der Waals surface area (Å²) in [5.41, 5.74) is 3.61. The summed E-state index contributed by atoms with van der Waals surface area (Å²) >= 11 is 5.65. The van der Waals surface area contributed by atoms with Gasteiger partial charge in [0.05, 0.1) is 11.6 Å². The highest BCUT2D eigenvalue weighted by atomic mass is 35.5. The van der Waals surface area contributed by atoms with E-state index in [1.165, 1.54) is 11.1 Å². The second-order valence-electron chi connectivity index (χ2n) is 2.68. The maximum atomic E-state index is 5.65. The molecule has 1 aliphatic rings. The fourth-order valence-electron chi connectivity index (χ4n) is 1.30. The van der Waals surface area contributed by atoms with Gasteiger partial charge < -0.3 is 5.32 Å². The summed E-state index contributed by atoms with van der Waals surface area (Å²) < 4.78 is 0. The average Bonchev–Trinajstić information content (AvgIpc) is 2.50. The van der Waals surface area contributed by atoms with Gasteiger partial charge in [0, 0.05) is 19.3 Å². The minimum absolute atomic E-state index is 0.507. The molecule has 3 heteroatoms. The van der Waals surface area contributed by atoms with E-state index in [0.29, 0.717) is 5.88 Å². The highest BCUT2D eigenvalue weighted by Crippen LogP contribution is 2.15. The van der Waals surface area contributed by atoms with Crippen molar-refractivity contribution in [2.24, 2.45) is 0 Å². The molecule has 0 aromatic carbocycles. The van der Waals surface area contributed by atoms with Crippen LogP contribution in [-0.4, -0.2) is 4.98 Å². The molecule has 0 saturated heterocycles. The predicted molar refractivity (Wildman–Crippen MR) is 44.3 cm³/mol. The number of alkyl halides is 1. The van der Waals surface area contributed by atoms with E-state index in [0.717, 1.165) is 18.8 Å². The van der Waals surface area contributed by atoms with Crippen molar-refractivity contribution < 1.29 is 0 Å². The van der Waals surface area contributed by atoms with Gasteiger partial charge >= 0.3 is 0 Å². The quantitative estimate of drug-likeness (QED) is 0.642. The Kier molecular flexibility index (Phi) is 1.80. The molecule has 1 N–H and O–H groups in total. The zero-order valence-electron chi connectivity index (χ0n) is 6.10. The fraction of sp³-hybridized carbons (Fsp3) is 0.375. The first-order valence-electron chi connectivity index (χ1n) is 3.63. The lowest BCUT2D eigenvalue weighted by molar-refractivity contribution is 0.764. The van der Waals surface area contributed by atoms with Gasteiger partial charge in [0.1, 0.15) is 0 Å². The summed E-state index contributed by atoms with van der Waals surface area (Å²) in [6.07, 6.45) is 1.91. The molecule has 11 heavy (non-hydrogen) atoms. The number of fused-ring (bicyclic) bond motifs is 1. The van der Waals surface area contributed by atoms with E-state index in [1.807, 2.05) is 6.20 Å². The monoisotopic (exact) mass is 168 g/mol. The zero-order chi connectivity index (χ0) is 7.68. The van der Waals surface area contributed by atoms with Crippen LogP contribution in [0.2, 0.25) is 0 Å². The van der Waals surface area contributed by atoms with Gasteiger partial charge in [-0.05, 0) is 17.2 Å². The van der Waals surface area contributed by atoms with Gasteiger partial charge in [-0.2, -0.15) is 0 Å². The Hall–Kier alpha value is -0.600. The lowest BCUT2D eigenvalue weighted by atomic mass is 10.2. The maximum absolute atomic E-state index is 5.65.